The molecule has 0 bridgehead atoms. The zero-order valence-corrected chi connectivity index (χ0v) is 15.9. The molecule has 0 aliphatic heterocycles. The summed E-state index contributed by atoms with van der Waals surface area (Å²) in [5.74, 6) is -1.46. The minimum atomic E-state index is -1.07. The van der Waals surface area contributed by atoms with Gasteiger partial charge in [0.15, 0.2) is 0 Å². The molecular weight excluding hydrogens is 332 g/mol. The first-order chi connectivity index (χ1) is 12.2. The Balaban J connectivity index is 2.34. The van der Waals surface area contributed by atoms with Gasteiger partial charge in [-0.1, -0.05) is 6.07 Å². The number of aromatic nitrogens is 1. The van der Waals surface area contributed by atoms with Crippen molar-refractivity contribution in [3.63, 3.8) is 0 Å². The number of amides is 1. The Kier molecular flexibility index (Phi) is 6.21. The summed E-state index contributed by atoms with van der Waals surface area (Å²) in [6, 6.07) is 7.03. The molecule has 1 aromatic heterocycles. The number of benzene rings is 1. The molecule has 6 heteroatoms. The molecular formula is C20H26N2O4. The third kappa shape index (κ3) is 4.32. The number of nitrogens with zero attached hydrogens (tertiary/aromatic N) is 1. The number of carbonyl (C=O) groups excluding carboxylic acids is 1. The molecule has 1 heterocycles. The van der Waals surface area contributed by atoms with E-state index in [0.29, 0.717) is 5.56 Å². The fourth-order valence-electron chi connectivity index (χ4n) is 3.20. The highest BCUT2D eigenvalue weighted by atomic mass is 16.5. The molecule has 0 fully saturated rings. The van der Waals surface area contributed by atoms with E-state index in [1.165, 1.54) is 7.11 Å². The number of ether oxygens (including phenoxy) is 1. The lowest BCUT2D eigenvalue weighted by atomic mass is 10.1. The van der Waals surface area contributed by atoms with Crippen LogP contribution in [0.1, 0.15) is 39.3 Å². The minimum Gasteiger partial charge on any atom is -0.480 e. The summed E-state index contributed by atoms with van der Waals surface area (Å²) in [7, 11) is 1.50. The number of hydrogen-bond acceptors (Lipinski definition) is 3. The van der Waals surface area contributed by atoms with Crippen LogP contribution >= 0.6 is 0 Å². The smallest absolute Gasteiger partial charge is 0.326 e. The van der Waals surface area contributed by atoms with Crippen molar-refractivity contribution in [3.8, 4) is 5.69 Å². The molecule has 26 heavy (non-hydrogen) atoms. The van der Waals surface area contributed by atoms with E-state index in [4.69, 9.17) is 4.74 Å². The average Bonchev–Trinajstić information content (AvgIpc) is 2.84. The Labute approximate surface area is 153 Å². The molecule has 0 aliphatic rings. The van der Waals surface area contributed by atoms with Crippen LogP contribution in [0.2, 0.25) is 0 Å². The van der Waals surface area contributed by atoms with Crippen LogP contribution in [0.15, 0.2) is 24.3 Å². The van der Waals surface area contributed by atoms with Gasteiger partial charge in [-0.3, -0.25) is 4.79 Å². The summed E-state index contributed by atoms with van der Waals surface area (Å²) in [6.45, 7) is 8.13. The van der Waals surface area contributed by atoms with Crippen molar-refractivity contribution in [2.24, 2.45) is 0 Å². The molecule has 1 atom stereocenters. The Bertz CT molecular complexity index is 803. The number of carboxylic acid groups (broad SMARTS) is 1. The Morgan fingerprint density at radius 3 is 2.27 bits per heavy atom. The van der Waals surface area contributed by atoms with Gasteiger partial charge in [-0.25, -0.2) is 4.79 Å². The first-order valence-electron chi connectivity index (χ1n) is 8.54. The molecule has 0 spiro atoms. The van der Waals surface area contributed by atoms with Crippen LogP contribution in [0.3, 0.4) is 0 Å². The van der Waals surface area contributed by atoms with Gasteiger partial charge < -0.3 is 19.7 Å². The van der Waals surface area contributed by atoms with Crippen LogP contribution in [-0.4, -0.2) is 41.3 Å². The van der Waals surface area contributed by atoms with Crippen LogP contribution in [0.25, 0.3) is 5.69 Å². The summed E-state index contributed by atoms with van der Waals surface area (Å²) in [5.41, 5.74) is 5.45. The summed E-state index contributed by atoms with van der Waals surface area (Å²) in [5, 5.41) is 11.9. The second-order valence-electron chi connectivity index (χ2n) is 6.61. The molecule has 0 aliphatic carbocycles. The molecule has 6 nitrogen and oxygen atoms in total. The third-order valence-electron chi connectivity index (χ3n) is 4.35. The van der Waals surface area contributed by atoms with E-state index in [2.05, 4.69) is 23.5 Å². The van der Waals surface area contributed by atoms with Gasteiger partial charge in [0, 0.05) is 37.2 Å². The predicted octanol–water partition coefficient (Wildman–Crippen LogP) is 2.93. The number of aliphatic carboxylic acids is 1. The molecule has 0 saturated heterocycles. The minimum absolute atomic E-state index is 0.216. The number of hydrogen-bond donors (Lipinski definition) is 2. The number of aryl methyl sites for hydroxylation is 3. The van der Waals surface area contributed by atoms with Gasteiger partial charge in [0.2, 0.25) is 0 Å². The van der Waals surface area contributed by atoms with Gasteiger partial charge in [0.1, 0.15) is 6.04 Å². The maximum Gasteiger partial charge on any atom is 0.326 e. The van der Waals surface area contributed by atoms with Crippen molar-refractivity contribution in [2.75, 3.05) is 13.7 Å². The predicted molar refractivity (Wildman–Crippen MR) is 100 cm³/mol. The second kappa shape index (κ2) is 8.19. The van der Waals surface area contributed by atoms with E-state index in [1.807, 2.05) is 32.3 Å². The van der Waals surface area contributed by atoms with Crippen molar-refractivity contribution in [1.29, 1.82) is 0 Å². The number of carboxylic acids is 1. The average molecular weight is 358 g/mol. The quantitative estimate of drug-likeness (QED) is 0.797. The van der Waals surface area contributed by atoms with Crippen LogP contribution in [0, 0.1) is 27.7 Å². The first kappa shape index (κ1) is 19.7. The zero-order chi connectivity index (χ0) is 19.4. The molecule has 0 saturated carbocycles. The lowest BCUT2D eigenvalue weighted by Gasteiger charge is -2.15. The van der Waals surface area contributed by atoms with Gasteiger partial charge in [-0.15, -0.1) is 0 Å². The maximum atomic E-state index is 12.6. The molecule has 2 N–H and O–H groups in total. The van der Waals surface area contributed by atoms with Crippen LogP contribution in [0.4, 0.5) is 0 Å². The molecule has 2 rings (SSSR count). The monoisotopic (exact) mass is 358 g/mol. The largest absolute Gasteiger partial charge is 0.480 e. The van der Waals surface area contributed by atoms with E-state index >= 15 is 0 Å². The normalized spacial score (nSPS) is 12.0. The first-order valence-corrected chi connectivity index (χ1v) is 8.54. The van der Waals surface area contributed by atoms with Crippen molar-refractivity contribution >= 4 is 11.9 Å². The van der Waals surface area contributed by atoms with E-state index in [-0.39, 0.29) is 13.0 Å². The molecule has 1 unspecified atom stereocenters. The summed E-state index contributed by atoms with van der Waals surface area (Å²) < 4.78 is 6.93. The SMILES string of the molecule is COCCC(NC(=O)c1cc(C)n(-c2cc(C)cc(C)c2)c1C)C(=O)O. The summed E-state index contributed by atoms with van der Waals surface area (Å²) in [6.07, 6.45) is 0.216. The van der Waals surface area contributed by atoms with Crippen LogP contribution in [-0.2, 0) is 9.53 Å². The van der Waals surface area contributed by atoms with Crippen molar-refractivity contribution in [2.45, 2.75) is 40.2 Å². The van der Waals surface area contributed by atoms with Crippen molar-refractivity contribution in [3.05, 3.63) is 52.3 Å². The van der Waals surface area contributed by atoms with Gasteiger partial charge >= 0.3 is 5.97 Å². The standard InChI is InChI=1S/C20H26N2O4/c1-12-8-13(2)10-16(9-12)22-14(3)11-17(15(22)4)19(23)21-18(20(24)25)6-7-26-5/h8-11,18H,6-7H2,1-5H3,(H,21,23)(H,24,25). The lowest BCUT2D eigenvalue weighted by molar-refractivity contribution is -0.139. The number of rotatable bonds is 7. The van der Waals surface area contributed by atoms with Crippen LogP contribution in [0.5, 0.6) is 0 Å². The number of methoxy groups -OCH3 is 1. The summed E-state index contributed by atoms with van der Waals surface area (Å²) >= 11 is 0. The van der Waals surface area contributed by atoms with Crippen molar-refractivity contribution < 1.29 is 19.4 Å². The van der Waals surface area contributed by atoms with E-state index < -0.39 is 17.9 Å². The van der Waals surface area contributed by atoms with E-state index in [0.717, 1.165) is 28.2 Å². The van der Waals surface area contributed by atoms with E-state index in [1.54, 1.807) is 6.07 Å². The van der Waals surface area contributed by atoms with Gasteiger partial charge in [0.25, 0.3) is 5.91 Å². The fraction of sp³-hybridized carbons (Fsp3) is 0.400. The fourth-order valence-corrected chi connectivity index (χ4v) is 3.20. The number of nitrogens with one attached hydrogen (secondary N) is 1. The summed E-state index contributed by atoms with van der Waals surface area (Å²) in [4.78, 5) is 24.0. The second-order valence-corrected chi connectivity index (χ2v) is 6.61. The Hall–Kier alpha value is -2.60. The van der Waals surface area contributed by atoms with Gasteiger partial charge in [-0.2, -0.15) is 0 Å². The van der Waals surface area contributed by atoms with Crippen LogP contribution < -0.4 is 5.32 Å². The van der Waals surface area contributed by atoms with Crippen molar-refractivity contribution in [1.82, 2.24) is 9.88 Å². The van der Waals surface area contributed by atoms with Gasteiger partial charge in [-0.05, 0) is 57.0 Å². The number of carbonyl (C=O) groups is 2. The highest BCUT2D eigenvalue weighted by molar-refractivity contribution is 5.98. The Morgan fingerprint density at radius 1 is 1.12 bits per heavy atom. The molecule has 1 amide bonds. The molecule has 1 aromatic carbocycles. The topological polar surface area (TPSA) is 80.6 Å². The third-order valence-corrected chi connectivity index (χ3v) is 4.35. The molecule has 0 radical (unpaired) electrons. The lowest BCUT2D eigenvalue weighted by Crippen LogP contribution is -2.41. The maximum absolute atomic E-state index is 12.6. The Morgan fingerprint density at radius 2 is 1.73 bits per heavy atom. The molecule has 2 aromatic rings. The van der Waals surface area contributed by atoms with E-state index in [9.17, 15) is 14.7 Å². The van der Waals surface area contributed by atoms with Gasteiger partial charge in [0.05, 0.1) is 5.56 Å². The molecule has 140 valence electrons. The highest BCUT2D eigenvalue weighted by Gasteiger charge is 2.23. The highest BCUT2D eigenvalue weighted by Crippen LogP contribution is 2.23. The zero-order valence-electron chi connectivity index (χ0n) is 15.9.